The molecule has 0 aromatic heterocycles. The van der Waals surface area contributed by atoms with Crippen LogP contribution in [0.5, 0.6) is 0 Å². The predicted molar refractivity (Wildman–Crippen MR) is 74.6 cm³/mol. The van der Waals surface area contributed by atoms with Crippen LogP contribution in [-0.4, -0.2) is 40.4 Å². The number of carbonyl (C=O) groups is 2. The van der Waals surface area contributed by atoms with Crippen LogP contribution < -0.4 is 0 Å². The number of hydrogen-bond acceptors (Lipinski definition) is 4. The van der Waals surface area contributed by atoms with Crippen LogP contribution in [0.4, 0.5) is 5.69 Å². The van der Waals surface area contributed by atoms with Gasteiger partial charge in [0.1, 0.15) is 4.47 Å². The van der Waals surface area contributed by atoms with Crippen molar-refractivity contribution in [2.45, 2.75) is 6.92 Å². The van der Waals surface area contributed by atoms with Crippen LogP contribution >= 0.6 is 15.9 Å². The van der Waals surface area contributed by atoms with Crippen LogP contribution in [-0.2, 0) is 4.79 Å². The van der Waals surface area contributed by atoms with Gasteiger partial charge in [-0.25, -0.2) is 0 Å². The van der Waals surface area contributed by atoms with Gasteiger partial charge in [-0.1, -0.05) is 13.0 Å². The summed E-state index contributed by atoms with van der Waals surface area (Å²) in [6, 6.07) is 4.13. The van der Waals surface area contributed by atoms with Gasteiger partial charge in [0.2, 0.25) is 0 Å². The number of nitro benzene ring substituents is 1. The van der Waals surface area contributed by atoms with Crippen molar-refractivity contribution in [3.63, 3.8) is 0 Å². The second kappa shape index (κ2) is 6.47. The summed E-state index contributed by atoms with van der Waals surface area (Å²) in [6.07, 6.45) is 0. The Labute approximate surface area is 123 Å². The van der Waals surface area contributed by atoms with Crippen LogP contribution in [0.3, 0.4) is 0 Å². The largest absolute Gasteiger partial charge is 0.481 e. The Morgan fingerprint density at radius 2 is 2.10 bits per heavy atom. The Bertz CT molecular complexity index is 561. The first-order chi connectivity index (χ1) is 9.25. The molecule has 0 aliphatic heterocycles. The Kier molecular flexibility index (Phi) is 5.20. The highest BCUT2D eigenvalue weighted by atomic mass is 79.9. The highest BCUT2D eigenvalue weighted by Gasteiger charge is 2.23. The van der Waals surface area contributed by atoms with E-state index in [1.54, 1.807) is 0 Å². The highest BCUT2D eigenvalue weighted by molar-refractivity contribution is 9.10. The van der Waals surface area contributed by atoms with Crippen molar-refractivity contribution in [3.8, 4) is 0 Å². The third kappa shape index (κ3) is 3.53. The molecule has 0 fully saturated rings. The molecule has 20 heavy (non-hydrogen) atoms. The minimum atomic E-state index is -1.01. The molecule has 0 radical (unpaired) electrons. The van der Waals surface area contributed by atoms with E-state index in [2.05, 4.69) is 15.9 Å². The summed E-state index contributed by atoms with van der Waals surface area (Å²) in [5.41, 5.74) is -0.0881. The summed E-state index contributed by atoms with van der Waals surface area (Å²) in [5.74, 6) is -2.21. The molecule has 1 rings (SSSR count). The smallest absolute Gasteiger partial charge is 0.308 e. The Hall–Kier alpha value is -1.96. The summed E-state index contributed by atoms with van der Waals surface area (Å²) in [4.78, 5) is 34.4. The monoisotopic (exact) mass is 344 g/mol. The quantitative estimate of drug-likeness (QED) is 0.651. The van der Waals surface area contributed by atoms with Gasteiger partial charge >= 0.3 is 5.97 Å². The molecular weight excluding hydrogens is 332 g/mol. The number of carboxylic acids is 1. The lowest BCUT2D eigenvalue weighted by molar-refractivity contribution is -0.385. The number of carboxylic acid groups (broad SMARTS) is 1. The third-order valence-corrected chi connectivity index (χ3v) is 3.55. The maximum atomic E-state index is 12.2. The molecule has 108 valence electrons. The molecule has 1 aromatic carbocycles. The first-order valence-electron chi connectivity index (χ1n) is 5.66. The summed E-state index contributed by atoms with van der Waals surface area (Å²) in [5, 5.41) is 19.6. The lowest BCUT2D eigenvalue weighted by Gasteiger charge is -2.20. The second-order valence-electron chi connectivity index (χ2n) is 4.32. The van der Waals surface area contributed by atoms with E-state index in [-0.39, 0.29) is 22.3 Å². The first kappa shape index (κ1) is 16.1. The van der Waals surface area contributed by atoms with Crippen molar-refractivity contribution in [2.75, 3.05) is 13.6 Å². The zero-order valence-corrected chi connectivity index (χ0v) is 12.5. The number of rotatable bonds is 5. The number of amides is 1. The predicted octanol–water partition coefficient (Wildman–Crippen LogP) is 2.15. The summed E-state index contributed by atoms with van der Waals surface area (Å²) >= 11 is 3.04. The van der Waals surface area contributed by atoms with Crippen LogP contribution in [0, 0.1) is 16.0 Å². The van der Waals surface area contributed by atoms with Gasteiger partial charge in [-0.3, -0.25) is 19.7 Å². The van der Waals surface area contributed by atoms with Gasteiger partial charge < -0.3 is 10.0 Å². The van der Waals surface area contributed by atoms with Crippen molar-refractivity contribution < 1.29 is 19.6 Å². The van der Waals surface area contributed by atoms with Crippen LogP contribution in [0.25, 0.3) is 0 Å². The summed E-state index contributed by atoms with van der Waals surface area (Å²) in [6.45, 7) is 1.50. The standard InChI is InChI=1S/C12H13BrN2O5/c1-7(12(17)18)6-14(2)11(16)8-4-3-5-9(10(8)13)15(19)20/h3-5,7H,6H2,1-2H3,(H,17,18). The van der Waals surface area contributed by atoms with Gasteiger partial charge in [0, 0.05) is 19.7 Å². The molecule has 1 atom stereocenters. The molecule has 1 N–H and O–H groups in total. The average Bonchev–Trinajstić information content (AvgIpc) is 2.37. The fourth-order valence-corrected chi connectivity index (χ4v) is 2.18. The van der Waals surface area contributed by atoms with E-state index in [1.807, 2.05) is 0 Å². The van der Waals surface area contributed by atoms with E-state index >= 15 is 0 Å². The molecule has 0 saturated heterocycles. The van der Waals surface area contributed by atoms with Gasteiger partial charge in [0.25, 0.3) is 11.6 Å². The van der Waals surface area contributed by atoms with Gasteiger partial charge in [0.15, 0.2) is 0 Å². The van der Waals surface area contributed by atoms with Gasteiger partial charge in [0.05, 0.1) is 16.4 Å². The van der Waals surface area contributed by atoms with E-state index in [0.717, 1.165) is 0 Å². The van der Waals surface area contributed by atoms with Crippen LogP contribution in [0.15, 0.2) is 22.7 Å². The maximum Gasteiger partial charge on any atom is 0.308 e. The molecule has 0 spiro atoms. The number of nitrogens with zero attached hydrogens (tertiary/aromatic N) is 2. The number of halogens is 1. The number of hydrogen-bond donors (Lipinski definition) is 1. The number of benzene rings is 1. The molecule has 0 saturated carbocycles. The van der Waals surface area contributed by atoms with Crippen molar-refractivity contribution >= 4 is 33.5 Å². The van der Waals surface area contributed by atoms with E-state index in [4.69, 9.17) is 5.11 Å². The normalized spacial score (nSPS) is 11.8. The van der Waals surface area contributed by atoms with Gasteiger partial charge in [-0.05, 0) is 22.0 Å². The number of aliphatic carboxylic acids is 1. The SMILES string of the molecule is CC(CN(C)C(=O)c1cccc([N+](=O)[O-])c1Br)C(=O)O. The topological polar surface area (TPSA) is 101 Å². The Balaban J connectivity index is 3.01. The number of nitro groups is 1. The van der Waals surface area contributed by atoms with E-state index in [1.165, 1.54) is 37.1 Å². The molecular formula is C12H13BrN2O5. The summed E-state index contributed by atoms with van der Waals surface area (Å²) in [7, 11) is 1.45. The van der Waals surface area contributed by atoms with Crippen molar-refractivity contribution in [1.29, 1.82) is 0 Å². The number of carbonyl (C=O) groups excluding carboxylic acids is 1. The van der Waals surface area contributed by atoms with E-state index in [9.17, 15) is 19.7 Å². The third-order valence-electron chi connectivity index (χ3n) is 2.72. The van der Waals surface area contributed by atoms with Crippen LogP contribution in [0.2, 0.25) is 0 Å². The molecule has 0 heterocycles. The summed E-state index contributed by atoms with van der Waals surface area (Å²) < 4.78 is 0.0878. The van der Waals surface area contributed by atoms with E-state index < -0.39 is 22.7 Å². The van der Waals surface area contributed by atoms with Crippen molar-refractivity contribution in [3.05, 3.63) is 38.3 Å². The minimum Gasteiger partial charge on any atom is -0.481 e. The molecule has 0 aliphatic carbocycles. The molecule has 0 aliphatic rings. The molecule has 1 aromatic rings. The average molecular weight is 345 g/mol. The Morgan fingerprint density at radius 1 is 1.50 bits per heavy atom. The molecule has 8 heteroatoms. The fourth-order valence-electron chi connectivity index (χ4n) is 1.60. The lowest BCUT2D eigenvalue weighted by atomic mass is 10.1. The molecule has 1 unspecified atom stereocenters. The van der Waals surface area contributed by atoms with Gasteiger partial charge in [-0.15, -0.1) is 0 Å². The fraction of sp³-hybridized carbons (Fsp3) is 0.333. The zero-order valence-electron chi connectivity index (χ0n) is 10.9. The Morgan fingerprint density at radius 3 is 2.60 bits per heavy atom. The molecule has 0 bridgehead atoms. The maximum absolute atomic E-state index is 12.2. The first-order valence-corrected chi connectivity index (χ1v) is 6.46. The van der Waals surface area contributed by atoms with Crippen molar-refractivity contribution in [1.82, 2.24) is 4.90 Å². The van der Waals surface area contributed by atoms with E-state index in [0.29, 0.717) is 0 Å². The highest BCUT2D eigenvalue weighted by Crippen LogP contribution is 2.29. The van der Waals surface area contributed by atoms with Crippen LogP contribution in [0.1, 0.15) is 17.3 Å². The minimum absolute atomic E-state index is 0.0172. The molecule has 7 nitrogen and oxygen atoms in total. The zero-order chi connectivity index (χ0) is 15.4. The second-order valence-corrected chi connectivity index (χ2v) is 5.11. The van der Waals surface area contributed by atoms with Gasteiger partial charge in [-0.2, -0.15) is 0 Å². The van der Waals surface area contributed by atoms with Crippen molar-refractivity contribution in [2.24, 2.45) is 5.92 Å². The molecule has 1 amide bonds. The lowest BCUT2D eigenvalue weighted by Crippen LogP contribution is -2.33.